The van der Waals surface area contributed by atoms with E-state index in [2.05, 4.69) is 10.3 Å². The summed E-state index contributed by atoms with van der Waals surface area (Å²) in [5, 5.41) is 2.91. The lowest BCUT2D eigenvalue weighted by Crippen LogP contribution is -2.62. The number of rotatable bonds is 3. The molecule has 4 rings (SSSR count). The number of amides is 3. The Morgan fingerprint density at radius 1 is 1.27 bits per heavy atom. The van der Waals surface area contributed by atoms with E-state index in [9.17, 15) is 22.8 Å². The van der Waals surface area contributed by atoms with Crippen LogP contribution in [0.2, 0.25) is 0 Å². The number of aromatic nitrogens is 1. The van der Waals surface area contributed by atoms with Crippen molar-refractivity contribution in [3.8, 4) is 5.75 Å². The summed E-state index contributed by atoms with van der Waals surface area (Å²) < 4.78 is 49.9. The summed E-state index contributed by atoms with van der Waals surface area (Å²) in [7, 11) is 0. The van der Waals surface area contributed by atoms with E-state index in [-0.39, 0.29) is 48.1 Å². The highest BCUT2D eigenvalue weighted by molar-refractivity contribution is 5.79. The van der Waals surface area contributed by atoms with E-state index >= 15 is 0 Å². The molecule has 3 fully saturated rings. The molecule has 8 nitrogen and oxygen atoms in total. The fourth-order valence-electron chi connectivity index (χ4n) is 4.82. The number of nitrogens with one attached hydrogen (secondary N) is 1. The first-order valence-electron chi connectivity index (χ1n) is 11.2. The standard InChI is InChI=1S/C22H29F3N4O4/c1-13-7-16(8-26-20(13)22(23,24)25)32-11-15-3-5-28(9-14(15)2)21(31)29-6-4-18-17(10-29)27-19(30)12-33-18/h7-8,14-15,17-18H,3-6,9-12H2,1-2H3,(H,27,30)/t14-,15-,17+,18-/m0/s1. The number of alkyl halides is 3. The molecule has 11 heteroatoms. The lowest BCUT2D eigenvalue weighted by molar-refractivity contribution is -0.141. The van der Waals surface area contributed by atoms with E-state index in [4.69, 9.17) is 9.47 Å². The van der Waals surface area contributed by atoms with Crippen molar-refractivity contribution in [3.63, 3.8) is 0 Å². The van der Waals surface area contributed by atoms with Crippen LogP contribution in [-0.2, 0) is 15.7 Å². The normalized spacial score (nSPS) is 28.2. The maximum atomic E-state index is 13.1. The van der Waals surface area contributed by atoms with Gasteiger partial charge in [0.05, 0.1) is 24.9 Å². The van der Waals surface area contributed by atoms with Gasteiger partial charge < -0.3 is 24.6 Å². The lowest BCUT2D eigenvalue weighted by Gasteiger charge is -2.44. The van der Waals surface area contributed by atoms with Gasteiger partial charge in [-0.05, 0) is 43.2 Å². The molecule has 0 spiro atoms. The summed E-state index contributed by atoms with van der Waals surface area (Å²) in [6.07, 6.45) is -1.99. The number of piperidine rings is 2. The van der Waals surface area contributed by atoms with Crippen LogP contribution in [0.4, 0.5) is 18.0 Å². The van der Waals surface area contributed by atoms with Crippen LogP contribution in [0.25, 0.3) is 0 Å². The Morgan fingerprint density at radius 3 is 2.70 bits per heavy atom. The first-order valence-corrected chi connectivity index (χ1v) is 11.2. The van der Waals surface area contributed by atoms with Crippen LogP contribution in [-0.4, -0.2) is 78.3 Å². The van der Waals surface area contributed by atoms with Crippen molar-refractivity contribution in [2.24, 2.45) is 11.8 Å². The Hall–Kier alpha value is -2.56. The first kappa shape index (κ1) is 23.6. The number of morpholine rings is 1. The van der Waals surface area contributed by atoms with Crippen molar-refractivity contribution in [1.29, 1.82) is 0 Å². The van der Waals surface area contributed by atoms with Gasteiger partial charge in [-0.2, -0.15) is 13.2 Å². The predicted octanol–water partition coefficient (Wildman–Crippen LogP) is 2.45. The third-order valence-corrected chi connectivity index (χ3v) is 6.73. The molecule has 3 aliphatic rings. The van der Waals surface area contributed by atoms with Crippen molar-refractivity contribution < 1.29 is 32.2 Å². The molecule has 0 saturated carbocycles. The van der Waals surface area contributed by atoms with E-state index in [0.29, 0.717) is 45.0 Å². The molecule has 1 aromatic heterocycles. The average Bonchev–Trinajstić information content (AvgIpc) is 2.76. The van der Waals surface area contributed by atoms with Crippen LogP contribution in [0.5, 0.6) is 5.75 Å². The summed E-state index contributed by atoms with van der Waals surface area (Å²) in [5.74, 6) is 0.499. The molecule has 182 valence electrons. The zero-order valence-electron chi connectivity index (χ0n) is 18.7. The smallest absolute Gasteiger partial charge is 0.433 e. The number of aryl methyl sites for hydroxylation is 1. The minimum absolute atomic E-state index is 0.0248. The molecular weight excluding hydrogens is 441 g/mol. The predicted molar refractivity (Wildman–Crippen MR) is 112 cm³/mol. The highest BCUT2D eigenvalue weighted by atomic mass is 19.4. The number of pyridine rings is 1. The third kappa shape index (κ3) is 5.34. The molecule has 1 aromatic rings. The minimum Gasteiger partial charge on any atom is -0.492 e. The van der Waals surface area contributed by atoms with Gasteiger partial charge in [-0.25, -0.2) is 9.78 Å². The van der Waals surface area contributed by atoms with Crippen LogP contribution >= 0.6 is 0 Å². The van der Waals surface area contributed by atoms with Crippen molar-refractivity contribution >= 4 is 11.9 Å². The molecular formula is C22H29F3N4O4. The fraction of sp³-hybridized carbons (Fsp3) is 0.682. The zero-order valence-corrected chi connectivity index (χ0v) is 18.7. The van der Waals surface area contributed by atoms with Crippen LogP contribution in [0, 0.1) is 18.8 Å². The molecule has 3 aliphatic heterocycles. The van der Waals surface area contributed by atoms with E-state index in [0.717, 1.165) is 12.6 Å². The van der Waals surface area contributed by atoms with Gasteiger partial charge in [0.15, 0.2) is 0 Å². The van der Waals surface area contributed by atoms with E-state index < -0.39 is 11.9 Å². The van der Waals surface area contributed by atoms with E-state index in [1.54, 1.807) is 4.90 Å². The van der Waals surface area contributed by atoms with Gasteiger partial charge in [-0.1, -0.05) is 6.92 Å². The van der Waals surface area contributed by atoms with Gasteiger partial charge in [-0.3, -0.25) is 4.79 Å². The van der Waals surface area contributed by atoms with Crippen LogP contribution in [0.3, 0.4) is 0 Å². The Bertz CT molecular complexity index is 897. The van der Waals surface area contributed by atoms with Crippen LogP contribution in [0.15, 0.2) is 12.3 Å². The quantitative estimate of drug-likeness (QED) is 0.734. The highest BCUT2D eigenvalue weighted by Gasteiger charge is 2.39. The molecule has 0 bridgehead atoms. The molecule has 0 unspecified atom stereocenters. The number of ether oxygens (including phenoxy) is 2. The second kappa shape index (κ2) is 9.36. The second-order valence-electron chi connectivity index (χ2n) is 9.16. The van der Waals surface area contributed by atoms with Gasteiger partial charge >= 0.3 is 12.2 Å². The number of carbonyl (C=O) groups excluding carboxylic acids is 2. The number of hydrogen-bond acceptors (Lipinski definition) is 5. The monoisotopic (exact) mass is 470 g/mol. The summed E-state index contributed by atoms with van der Waals surface area (Å²) in [5.41, 5.74) is -0.879. The Balaban J connectivity index is 1.28. The number of halogens is 3. The van der Waals surface area contributed by atoms with Crippen molar-refractivity contribution in [2.45, 2.75) is 45.0 Å². The number of carbonyl (C=O) groups is 2. The number of fused-ring (bicyclic) bond motifs is 1. The summed E-state index contributed by atoms with van der Waals surface area (Å²) in [6.45, 7) is 6.02. The number of urea groups is 1. The Kier molecular flexibility index (Phi) is 6.69. The van der Waals surface area contributed by atoms with Crippen molar-refractivity contribution in [3.05, 3.63) is 23.5 Å². The molecule has 3 amide bonds. The summed E-state index contributed by atoms with van der Waals surface area (Å²) in [4.78, 5) is 31.8. The Labute approximate surface area is 190 Å². The molecule has 4 atom stereocenters. The van der Waals surface area contributed by atoms with Gasteiger partial charge in [0.2, 0.25) is 5.91 Å². The largest absolute Gasteiger partial charge is 0.492 e. The molecule has 33 heavy (non-hydrogen) atoms. The van der Waals surface area contributed by atoms with E-state index in [1.165, 1.54) is 13.0 Å². The van der Waals surface area contributed by atoms with Gasteiger partial charge in [0.25, 0.3) is 0 Å². The highest BCUT2D eigenvalue weighted by Crippen LogP contribution is 2.32. The minimum atomic E-state index is -4.48. The van der Waals surface area contributed by atoms with Crippen LogP contribution in [0.1, 0.15) is 31.0 Å². The fourth-order valence-corrected chi connectivity index (χ4v) is 4.82. The zero-order chi connectivity index (χ0) is 23.8. The molecule has 4 heterocycles. The number of hydrogen-bond donors (Lipinski definition) is 1. The lowest BCUT2D eigenvalue weighted by atomic mass is 9.87. The molecule has 0 aromatic carbocycles. The molecule has 0 aliphatic carbocycles. The first-order chi connectivity index (χ1) is 15.6. The second-order valence-corrected chi connectivity index (χ2v) is 9.16. The maximum Gasteiger partial charge on any atom is 0.433 e. The average molecular weight is 470 g/mol. The van der Waals surface area contributed by atoms with Gasteiger partial charge in [0, 0.05) is 26.2 Å². The number of nitrogens with zero attached hydrogens (tertiary/aromatic N) is 3. The summed E-state index contributed by atoms with van der Waals surface area (Å²) in [6, 6.07) is 1.14. The third-order valence-electron chi connectivity index (χ3n) is 6.73. The number of likely N-dealkylation sites (tertiary alicyclic amines) is 2. The molecule has 0 radical (unpaired) electrons. The SMILES string of the molecule is Cc1cc(OC[C@@H]2CCN(C(=O)N3CC[C@@H]4OCC(=O)N[C@@H]4C3)C[C@@H]2C)cnc1C(F)(F)F. The topological polar surface area (TPSA) is 84.0 Å². The molecule has 1 N–H and O–H groups in total. The van der Waals surface area contributed by atoms with Gasteiger partial charge in [-0.15, -0.1) is 0 Å². The Morgan fingerprint density at radius 2 is 2.00 bits per heavy atom. The summed E-state index contributed by atoms with van der Waals surface area (Å²) >= 11 is 0. The van der Waals surface area contributed by atoms with Gasteiger partial charge in [0.1, 0.15) is 18.1 Å². The van der Waals surface area contributed by atoms with Crippen molar-refractivity contribution in [1.82, 2.24) is 20.1 Å². The van der Waals surface area contributed by atoms with Crippen LogP contribution < -0.4 is 10.1 Å². The van der Waals surface area contributed by atoms with Crippen molar-refractivity contribution in [2.75, 3.05) is 39.4 Å². The maximum absolute atomic E-state index is 13.1. The van der Waals surface area contributed by atoms with E-state index in [1.807, 2.05) is 11.8 Å². The molecule has 3 saturated heterocycles.